The maximum absolute atomic E-state index is 13.4. The SMILES string of the molecule is COC(=O)C(CO)NS(=O)(=O)c1c(F)cc(F)cc1F. The molecule has 1 aromatic carbocycles. The lowest BCUT2D eigenvalue weighted by atomic mass is 10.3. The van der Waals surface area contributed by atoms with Gasteiger partial charge in [-0.25, -0.2) is 21.6 Å². The molecule has 1 aromatic rings. The number of rotatable bonds is 5. The molecule has 0 fully saturated rings. The first kappa shape index (κ1) is 16.4. The van der Waals surface area contributed by atoms with Gasteiger partial charge in [0.05, 0.1) is 13.7 Å². The lowest BCUT2D eigenvalue weighted by Crippen LogP contribution is -2.44. The molecular weight excluding hydrogens is 303 g/mol. The standard InChI is InChI=1S/C10H10F3NO5S/c1-19-10(16)8(4-15)14-20(17,18)9-6(12)2-5(11)3-7(9)13/h2-3,8,14-15H,4H2,1H3. The number of hydrogen-bond donors (Lipinski definition) is 2. The Morgan fingerprint density at radius 3 is 2.25 bits per heavy atom. The fourth-order valence-electron chi connectivity index (χ4n) is 1.33. The average Bonchev–Trinajstić information content (AvgIpc) is 2.33. The van der Waals surface area contributed by atoms with Crippen LogP contribution in [-0.2, 0) is 19.6 Å². The molecule has 1 unspecified atom stereocenters. The number of ether oxygens (including phenoxy) is 1. The Labute approximate surface area is 112 Å². The predicted molar refractivity (Wildman–Crippen MR) is 59.5 cm³/mol. The van der Waals surface area contributed by atoms with Gasteiger partial charge in [0.2, 0.25) is 10.0 Å². The highest BCUT2D eigenvalue weighted by Gasteiger charge is 2.30. The summed E-state index contributed by atoms with van der Waals surface area (Å²) >= 11 is 0. The molecule has 0 aliphatic heterocycles. The van der Waals surface area contributed by atoms with Crippen LogP contribution in [0.1, 0.15) is 0 Å². The highest BCUT2D eigenvalue weighted by atomic mass is 32.2. The number of methoxy groups -OCH3 is 1. The summed E-state index contributed by atoms with van der Waals surface area (Å²) in [7, 11) is -3.90. The second kappa shape index (κ2) is 6.20. The van der Waals surface area contributed by atoms with Gasteiger partial charge in [0, 0.05) is 12.1 Å². The summed E-state index contributed by atoms with van der Waals surface area (Å²) < 4.78 is 68.7. The third-order valence-corrected chi connectivity index (χ3v) is 3.72. The van der Waals surface area contributed by atoms with Crippen LogP contribution in [0.5, 0.6) is 0 Å². The zero-order chi connectivity index (χ0) is 15.5. The van der Waals surface area contributed by atoms with E-state index in [0.29, 0.717) is 0 Å². The number of esters is 1. The zero-order valence-corrected chi connectivity index (χ0v) is 10.9. The summed E-state index contributed by atoms with van der Waals surface area (Å²) in [6.45, 7) is -0.990. The molecule has 0 heterocycles. The van der Waals surface area contributed by atoms with Crippen molar-refractivity contribution in [2.45, 2.75) is 10.9 Å². The van der Waals surface area contributed by atoms with Crippen molar-refractivity contribution < 1.29 is 36.2 Å². The topological polar surface area (TPSA) is 92.7 Å². The third-order valence-electron chi connectivity index (χ3n) is 2.20. The molecule has 0 aliphatic carbocycles. The van der Waals surface area contributed by atoms with Crippen LogP contribution >= 0.6 is 0 Å². The maximum atomic E-state index is 13.4. The fourth-order valence-corrected chi connectivity index (χ4v) is 2.63. The molecule has 2 N–H and O–H groups in total. The molecule has 20 heavy (non-hydrogen) atoms. The maximum Gasteiger partial charge on any atom is 0.326 e. The molecule has 10 heteroatoms. The van der Waals surface area contributed by atoms with Crippen molar-refractivity contribution in [1.82, 2.24) is 4.72 Å². The number of sulfonamides is 1. The van der Waals surface area contributed by atoms with Crippen LogP contribution in [0.2, 0.25) is 0 Å². The molecule has 0 spiro atoms. The summed E-state index contributed by atoms with van der Waals surface area (Å²) in [5.74, 6) is -5.79. The summed E-state index contributed by atoms with van der Waals surface area (Å²) in [5.41, 5.74) is 0. The smallest absolute Gasteiger partial charge is 0.326 e. The lowest BCUT2D eigenvalue weighted by Gasteiger charge is -2.14. The van der Waals surface area contributed by atoms with Gasteiger partial charge in [-0.2, -0.15) is 4.72 Å². The molecule has 1 rings (SSSR count). The van der Waals surface area contributed by atoms with Gasteiger partial charge in [0.15, 0.2) is 4.90 Å². The Hall–Kier alpha value is -1.65. The van der Waals surface area contributed by atoms with Crippen LogP contribution in [0, 0.1) is 17.5 Å². The minimum atomic E-state index is -4.83. The van der Waals surface area contributed by atoms with E-state index in [2.05, 4.69) is 4.74 Å². The van der Waals surface area contributed by atoms with Crippen LogP contribution in [0.4, 0.5) is 13.2 Å². The number of nitrogens with one attached hydrogen (secondary N) is 1. The molecule has 0 saturated carbocycles. The van der Waals surface area contributed by atoms with Gasteiger partial charge in [-0.15, -0.1) is 0 Å². The Bertz CT molecular complexity index is 596. The summed E-state index contributed by atoms with van der Waals surface area (Å²) in [5, 5.41) is 8.85. The van der Waals surface area contributed by atoms with Gasteiger partial charge in [-0.1, -0.05) is 0 Å². The van der Waals surface area contributed by atoms with Crippen LogP contribution in [-0.4, -0.2) is 39.3 Å². The van der Waals surface area contributed by atoms with Crippen molar-refractivity contribution in [3.63, 3.8) is 0 Å². The summed E-state index contributed by atoms with van der Waals surface area (Å²) in [6.07, 6.45) is 0. The minimum absolute atomic E-state index is 0.170. The monoisotopic (exact) mass is 313 g/mol. The average molecular weight is 313 g/mol. The molecule has 0 saturated heterocycles. The highest BCUT2D eigenvalue weighted by molar-refractivity contribution is 7.89. The fraction of sp³-hybridized carbons (Fsp3) is 0.300. The Balaban J connectivity index is 3.21. The molecule has 112 valence electrons. The number of carbonyl (C=O) groups is 1. The third kappa shape index (κ3) is 3.46. The molecule has 0 aliphatic rings. The first-order valence-electron chi connectivity index (χ1n) is 5.08. The normalized spacial score (nSPS) is 13.1. The van der Waals surface area contributed by atoms with E-state index in [1.807, 2.05) is 0 Å². The molecule has 6 nitrogen and oxygen atoms in total. The minimum Gasteiger partial charge on any atom is -0.468 e. The summed E-state index contributed by atoms with van der Waals surface area (Å²) in [6, 6.07) is -1.40. The molecule has 0 amide bonds. The van der Waals surface area contributed by atoms with Crippen LogP contribution in [0.3, 0.4) is 0 Å². The molecule has 0 aromatic heterocycles. The van der Waals surface area contributed by atoms with Crippen molar-refractivity contribution in [2.24, 2.45) is 0 Å². The van der Waals surface area contributed by atoms with E-state index in [1.54, 1.807) is 4.72 Å². The quantitative estimate of drug-likeness (QED) is 0.742. The summed E-state index contributed by atoms with van der Waals surface area (Å²) in [4.78, 5) is 9.66. The Kier molecular flexibility index (Phi) is 5.09. The number of aliphatic hydroxyl groups is 1. The van der Waals surface area contributed by atoms with Crippen molar-refractivity contribution in [2.75, 3.05) is 13.7 Å². The molecule has 0 radical (unpaired) electrons. The number of benzene rings is 1. The van der Waals surface area contributed by atoms with Gasteiger partial charge in [0.25, 0.3) is 0 Å². The van der Waals surface area contributed by atoms with E-state index in [0.717, 1.165) is 7.11 Å². The molecule has 0 bridgehead atoms. The number of carbonyl (C=O) groups excluding carboxylic acids is 1. The van der Waals surface area contributed by atoms with Gasteiger partial charge in [-0.05, 0) is 0 Å². The largest absolute Gasteiger partial charge is 0.468 e. The second-order valence-corrected chi connectivity index (χ2v) is 5.23. The van der Waals surface area contributed by atoms with E-state index >= 15 is 0 Å². The van der Waals surface area contributed by atoms with Gasteiger partial charge in [0.1, 0.15) is 23.5 Å². The number of halogens is 3. The van der Waals surface area contributed by atoms with E-state index in [-0.39, 0.29) is 12.1 Å². The van der Waals surface area contributed by atoms with Crippen LogP contribution < -0.4 is 4.72 Å². The van der Waals surface area contributed by atoms with Gasteiger partial charge < -0.3 is 9.84 Å². The van der Waals surface area contributed by atoms with Crippen LogP contribution in [0.15, 0.2) is 17.0 Å². The van der Waals surface area contributed by atoms with E-state index < -0.39 is 51.0 Å². The van der Waals surface area contributed by atoms with Crippen molar-refractivity contribution >= 4 is 16.0 Å². The Morgan fingerprint density at radius 1 is 1.35 bits per heavy atom. The van der Waals surface area contributed by atoms with E-state index in [1.165, 1.54) is 0 Å². The Morgan fingerprint density at radius 2 is 1.85 bits per heavy atom. The first-order chi connectivity index (χ1) is 9.22. The molecule has 1 atom stereocenters. The van der Waals surface area contributed by atoms with Crippen molar-refractivity contribution in [3.05, 3.63) is 29.6 Å². The lowest BCUT2D eigenvalue weighted by molar-refractivity contribution is -0.143. The van der Waals surface area contributed by atoms with Crippen LogP contribution in [0.25, 0.3) is 0 Å². The molecular formula is C10H10F3NO5S. The van der Waals surface area contributed by atoms with E-state index in [9.17, 15) is 26.4 Å². The second-order valence-electron chi connectivity index (χ2n) is 3.58. The number of hydrogen-bond acceptors (Lipinski definition) is 5. The number of aliphatic hydroxyl groups excluding tert-OH is 1. The van der Waals surface area contributed by atoms with Gasteiger partial charge in [-0.3, -0.25) is 4.79 Å². The first-order valence-corrected chi connectivity index (χ1v) is 6.56. The highest BCUT2D eigenvalue weighted by Crippen LogP contribution is 2.20. The van der Waals surface area contributed by atoms with Crippen molar-refractivity contribution in [3.8, 4) is 0 Å². The predicted octanol–water partition coefficient (Wildman–Crippen LogP) is -0.0839. The van der Waals surface area contributed by atoms with Gasteiger partial charge >= 0.3 is 5.97 Å². The van der Waals surface area contributed by atoms with Crippen molar-refractivity contribution in [1.29, 1.82) is 0 Å². The zero-order valence-electron chi connectivity index (χ0n) is 10.1. The van der Waals surface area contributed by atoms with E-state index in [4.69, 9.17) is 5.11 Å².